The number of nitrogens with one attached hydrogen (secondary N) is 2. The number of hydrogen-bond donors (Lipinski definition) is 2. The van der Waals surface area contributed by atoms with Crippen molar-refractivity contribution in [2.75, 3.05) is 19.6 Å². The number of benzene rings is 1. The van der Waals surface area contributed by atoms with Gasteiger partial charge in [-0.25, -0.2) is 14.2 Å². The lowest BCUT2D eigenvalue weighted by Gasteiger charge is -2.32. The van der Waals surface area contributed by atoms with Crippen molar-refractivity contribution >= 4 is 17.1 Å². The normalized spacial score (nSPS) is 15.9. The number of imidazole rings is 1. The van der Waals surface area contributed by atoms with Crippen LogP contribution in [0.15, 0.2) is 16.7 Å². The zero-order chi connectivity index (χ0) is 22.9. The molecule has 0 unspecified atom stereocenters. The Labute approximate surface area is 185 Å². The molecule has 172 valence electrons. The van der Waals surface area contributed by atoms with Gasteiger partial charge in [0, 0.05) is 32.1 Å². The molecule has 3 aromatic rings. The first-order valence-electron chi connectivity index (χ1n) is 10.9. The molecule has 32 heavy (non-hydrogen) atoms. The molecule has 1 aliphatic heterocycles. The van der Waals surface area contributed by atoms with E-state index in [1.54, 1.807) is 6.07 Å². The number of ether oxygens (including phenoxy) is 1. The van der Waals surface area contributed by atoms with E-state index in [1.807, 2.05) is 27.7 Å². The summed E-state index contributed by atoms with van der Waals surface area (Å²) >= 11 is 0. The highest BCUT2D eigenvalue weighted by atomic mass is 19.1. The number of fused-ring (bicyclic) bond motifs is 1. The number of carbonyl (C=O) groups excluding carboxylic acids is 1. The number of alkyl carbamates (subject to hydrolysis) is 1. The second kappa shape index (κ2) is 8.85. The summed E-state index contributed by atoms with van der Waals surface area (Å²) in [4.78, 5) is 26.1. The lowest BCUT2D eigenvalue weighted by molar-refractivity contribution is 0.0479. The van der Waals surface area contributed by atoms with Crippen molar-refractivity contribution in [3.05, 3.63) is 29.7 Å². The summed E-state index contributed by atoms with van der Waals surface area (Å²) in [6.07, 6.45) is 1.89. The fraction of sp³-hybridized carbons (Fsp3) is 0.545. The molecule has 2 aromatic heterocycles. The molecule has 0 bridgehead atoms. The Morgan fingerprint density at radius 1 is 1.31 bits per heavy atom. The number of hydrogen-bond acceptors (Lipinski definition) is 7. The molecule has 1 aliphatic rings. The Morgan fingerprint density at radius 3 is 2.78 bits per heavy atom. The molecule has 4 rings (SSSR count). The van der Waals surface area contributed by atoms with Crippen molar-refractivity contribution in [3.63, 3.8) is 0 Å². The highest BCUT2D eigenvalue weighted by molar-refractivity contribution is 5.90. The van der Waals surface area contributed by atoms with Gasteiger partial charge in [-0.2, -0.15) is 4.98 Å². The summed E-state index contributed by atoms with van der Waals surface area (Å²) in [5.74, 6) is 0.920. The number of H-pyrrole nitrogens is 1. The predicted molar refractivity (Wildman–Crippen MR) is 117 cm³/mol. The maximum Gasteiger partial charge on any atom is 0.407 e. The van der Waals surface area contributed by atoms with Crippen molar-refractivity contribution in [3.8, 4) is 11.4 Å². The van der Waals surface area contributed by atoms with E-state index in [0.717, 1.165) is 38.0 Å². The lowest BCUT2D eigenvalue weighted by Crippen LogP contribution is -2.46. The highest BCUT2D eigenvalue weighted by Gasteiger charge is 2.24. The molecular weight excluding hydrogens is 415 g/mol. The van der Waals surface area contributed by atoms with Gasteiger partial charge in [-0.3, -0.25) is 0 Å². The number of rotatable bonds is 5. The SMILES string of the molecule is Cc1nc2c(-c3noc(CCN4CCC(NC(=O)OC(C)(C)C)CC4)n3)c(F)ccc2[nH]1. The fourth-order valence-corrected chi connectivity index (χ4v) is 3.87. The summed E-state index contributed by atoms with van der Waals surface area (Å²) in [5, 5.41) is 6.92. The first-order valence-corrected chi connectivity index (χ1v) is 10.9. The van der Waals surface area contributed by atoms with E-state index in [0.29, 0.717) is 23.7 Å². The molecule has 1 aromatic carbocycles. The number of aromatic amines is 1. The molecule has 1 amide bonds. The molecule has 1 saturated heterocycles. The molecule has 0 radical (unpaired) electrons. The molecule has 0 spiro atoms. The minimum Gasteiger partial charge on any atom is -0.444 e. The van der Waals surface area contributed by atoms with Gasteiger partial charge in [0.05, 0.1) is 11.1 Å². The number of aromatic nitrogens is 4. The lowest BCUT2D eigenvalue weighted by atomic mass is 10.1. The maximum absolute atomic E-state index is 14.5. The van der Waals surface area contributed by atoms with Crippen LogP contribution in [0, 0.1) is 12.7 Å². The highest BCUT2D eigenvalue weighted by Crippen LogP contribution is 2.28. The first kappa shape index (κ1) is 22.2. The van der Waals surface area contributed by atoms with E-state index >= 15 is 0 Å². The minimum absolute atomic E-state index is 0.108. The van der Waals surface area contributed by atoms with Crippen molar-refractivity contribution < 1.29 is 18.4 Å². The van der Waals surface area contributed by atoms with Gasteiger partial charge in [0.2, 0.25) is 11.7 Å². The summed E-state index contributed by atoms with van der Waals surface area (Å²) in [5.41, 5.74) is 0.969. The van der Waals surface area contributed by atoms with Gasteiger partial charge in [-0.1, -0.05) is 5.16 Å². The number of nitrogens with zero attached hydrogens (tertiary/aromatic N) is 4. The van der Waals surface area contributed by atoms with Crippen molar-refractivity contribution in [1.29, 1.82) is 0 Å². The molecule has 9 nitrogen and oxygen atoms in total. The van der Waals surface area contributed by atoms with Crippen LogP contribution in [0.1, 0.15) is 45.3 Å². The summed E-state index contributed by atoms with van der Waals surface area (Å²) in [6.45, 7) is 9.81. The van der Waals surface area contributed by atoms with Crippen LogP contribution in [0.4, 0.5) is 9.18 Å². The van der Waals surface area contributed by atoms with Gasteiger partial charge in [0.25, 0.3) is 0 Å². The zero-order valence-corrected chi connectivity index (χ0v) is 18.9. The maximum atomic E-state index is 14.5. The van der Waals surface area contributed by atoms with Gasteiger partial charge in [-0.15, -0.1) is 0 Å². The number of piperidine rings is 1. The van der Waals surface area contributed by atoms with E-state index in [4.69, 9.17) is 9.26 Å². The van der Waals surface area contributed by atoms with Crippen LogP contribution in [-0.2, 0) is 11.2 Å². The van der Waals surface area contributed by atoms with E-state index in [2.05, 4.69) is 30.3 Å². The molecule has 0 aliphatic carbocycles. The van der Waals surface area contributed by atoms with E-state index in [1.165, 1.54) is 6.07 Å². The second-order valence-corrected chi connectivity index (χ2v) is 9.16. The molecule has 1 fully saturated rings. The molecule has 0 saturated carbocycles. The van der Waals surface area contributed by atoms with E-state index < -0.39 is 11.4 Å². The summed E-state index contributed by atoms with van der Waals surface area (Å²) in [7, 11) is 0. The first-order chi connectivity index (χ1) is 15.2. The number of carbonyl (C=O) groups is 1. The van der Waals surface area contributed by atoms with Crippen LogP contribution in [-0.4, -0.2) is 62.4 Å². The topological polar surface area (TPSA) is 109 Å². The molecule has 2 N–H and O–H groups in total. The second-order valence-electron chi connectivity index (χ2n) is 9.16. The van der Waals surface area contributed by atoms with Crippen molar-refractivity contribution in [2.45, 2.75) is 58.6 Å². The molecule has 0 atom stereocenters. The third-order valence-electron chi connectivity index (χ3n) is 5.36. The van der Waals surface area contributed by atoms with Gasteiger partial charge in [-0.05, 0) is 52.7 Å². The van der Waals surface area contributed by atoms with Crippen molar-refractivity contribution in [2.24, 2.45) is 0 Å². The third kappa shape index (κ3) is 5.24. The summed E-state index contributed by atoms with van der Waals surface area (Å²) < 4.78 is 25.2. The molecule has 10 heteroatoms. The van der Waals surface area contributed by atoms with E-state index in [-0.39, 0.29) is 23.5 Å². The number of aryl methyl sites for hydroxylation is 1. The van der Waals surface area contributed by atoms with Crippen LogP contribution in [0.3, 0.4) is 0 Å². The van der Waals surface area contributed by atoms with Crippen LogP contribution in [0.5, 0.6) is 0 Å². The average Bonchev–Trinajstić information content (AvgIpc) is 3.31. The van der Waals surface area contributed by atoms with Crippen molar-refractivity contribution in [1.82, 2.24) is 30.3 Å². The minimum atomic E-state index is -0.502. The monoisotopic (exact) mass is 444 g/mol. The summed E-state index contributed by atoms with van der Waals surface area (Å²) in [6, 6.07) is 3.13. The quantitative estimate of drug-likeness (QED) is 0.619. The van der Waals surface area contributed by atoms with Crippen LogP contribution in [0.25, 0.3) is 22.4 Å². The Bertz CT molecular complexity index is 1090. The molecular formula is C22H29FN6O3. The predicted octanol–water partition coefficient (Wildman–Crippen LogP) is 3.59. The van der Waals surface area contributed by atoms with E-state index in [9.17, 15) is 9.18 Å². The Hall–Kier alpha value is -3.01. The average molecular weight is 445 g/mol. The number of amides is 1. The smallest absolute Gasteiger partial charge is 0.407 e. The molecule has 3 heterocycles. The van der Waals surface area contributed by atoms with Gasteiger partial charge in [0.15, 0.2) is 0 Å². The largest absolute Gasteiger partial charge is 0.444 e. The van der Waals surface area contributed by atoms with Gasteiger partial charge >= 0.3 is 6.09 Å². The Morgan fingerprint density at radius 2 is 2.06 bits per heavy atom. The van der Waals surface area contributed by atoms with Gasteiger partial charge in [0.1, 0.15) is 22.8 Å². The van der Waals surface area contributed by atoms with Crippen LogP contribution < -0.4 is 5.32 Å². The fourth-order valence-electron chi connectivity index (χ4n) is 3.87. The van der Waals surface area contributed by atoms with Crippen LogP contribution >= 0.6 is 0 Å². The number of halogens is 1. The number of likely N-dealkylation sites (tertiary alicyclic amines) is 1. The zero-order valence-electron chi connectivity index (χ0n) is 18.9. The Kier molecular flexibility index (Phi) is 6.14. The van der Waals surface area contributed by atoms with Crippen LogP contribution in [0.2, 0.25) is 0 Å². The third-order valence-corrected chi connectivity index (χ3v) is 5.36. The van der Waals surface area contributed by atoms with Gasteiger partial charge < -0.3 is 24.5 Å². The Balaban J connectivity index is 1.31. The standard InChI is InChI=1S/C22H29FN6O3/c1-13-24-16-6-5-15(23)18(19(16)25-13)20-27-17(32-28-20)9-12-29-10-7-14(8-11-29)26-21(30)31-22(2,3)4/h5-6,14H,7-12H2,1-4H3,(H,24,25)(H,26,30).